The molecule has 0 heterocycles. The Morgan fingerprint density at radius 2 is 0.950 bits per heavy atom. The number of hydrogen-bond acceptors (Lipinski definition) is 0. The fourth-order valence-electron chi connectivity index (χ4n) is 3.12. The van der Waals surface area contributed by atoms with Crippen LogP contribution in [0.25, 0.3) is 0 Å². The Bertz CT molecular complexity index is 184. The molecule has 0 saturated carbocycles. The molecule has 0 aromatic carbocycles. The monoisotopic (exact) mass is 348 g/mol. The first-order chi connectivity index (χ1) is 9.74. The lowest BCUT2D eigenvalue weighted by molar-refractivity contribution is -0.926. The predicted molar refractivity (Wildman–Crippen MR) is 96.7 cm³/mol. The summed E-state index contributed by atoms with van der Waals surface area (Å²) < 4.78 is 1.38. The zero-order valence-corrected chi connectivity index (χ0v) is 16.0. The highest BCUT2D eigenvalue weighted by Crippen LogP contribution is 2.17. The summed E-state index contributed by atoms with van der Waals surface area (Å²) >= 11 is 3.71. The van der Waals surface area contributed by atoms with E-state index in [4.69, 9.17) is 0 Å². The molecule has 1 nitrogen and oxygen atoms in total. The van der Waals surface area contributed by atoms with E-state index in [1.807, 2.05) is 0 Å². The van der Waals surface area contributed by atoms with Crippen molar-refractivity contribution in [3.63, 3.8) is 0 Å². The van der Waals surface area contributed by atoms with Crippen LogP contribution >= 0.6 is 15.9 Å². The maximum Gasteiger partial charge on any atom is 0.0885 e. The second kappa shape index (κ2) is 14.4. The third-order valence-electron chi connectivity index (χ3n) is 4.52. The highest BCUT2D eigenvalue weighted by Gasteiger charge is 2.25. The SMILES string of the molecule is CCCCCC[N+](CCBr)(CCCCC)CCCCC. The van der Waals surface area contributed by atoms with Crippen LogP contribution in [0, 0.1) is 0 Å². The van der Waals surface area contributed by atoms with Gasteiger partial charge in [0.2, 0.25) is 0 Å². The summed E-state index contributed by atoms with van der Waals surface area (Å²) in [7, 11) is 0. The van der Waals surface area contributed by atoms with Crippen LogP contribution in [-0.2, 0) is 0 Å². The Hall–Kier alpha value is 0.440. The molecule has 20 heavy (non-hydrogen) atoms. The van der Waals surface area contributed by atoms with Crippen molar-refractivity contribution in [1.82, 2.24) is 0 Å². The second-order valence-electron chi connectivity index (χ2n) is 6.40. The molecule has 0 aliphatic heterocycles. The molecule has 0 fully saturated rings. The van der Waals surface area contributed by atoms with Gasteiger partial charge in [-0.3, -0.25) is 0 Å². The predicted octanol–water partition coefficient (Wildman–Crippen LogP) is 6.16. The molecule has 0 aromatic rings. The number of rotatable bonds is 15. The van der Waals surface area contributed by atoms with E-state index in [1.54, 1.807) is 0 Å². The van der Waals surface area contributed by atoms with Gasteiger partial charge in [-0.15, -0.1) is 0 Å². The van der Waals surface area contributed by atoms with Crippen LogP contribution in [0.1, 0.15) is 85.0 Å². The van der Waals surface area contributed by atoms with E-state index in [0.717, 1.165) is 0 Å². The standard InChI is InChI=1S/C18H39BrN/c1-4-7-10-13-17-20(18-14-19,15-11-8-5-2)16-12-9-6-3/h4-18H2,1-3H3/q+1. The number of alkyl halides is 1. The number of nitrogens with zero attached hydrogens (tertiary/aromatic N) is 1. The van der Waals surface area contributed by atoms with Crippen molar-refractivity contribution in [2.75, 3.05) is 31.5 Å². The zero-order chi connectivity index (χ0) is 15.1. The molecular weight excluding hydrogens is 310 g/mol. The fraction of sp³-hybridized carbons (Fsp3) is 1.00. The lowest BCUT2D eigenvalue weighted by Crippen LogP contribution is -2.51. The summed E-state index contributed by atoms with van der Waals surface area (Å²) in [6, 6.07) is 0. The molecule has 0 bridgehead atoms. The maximum absolute atomic E-state index is 3.71. The molecule has 0 atom stereocenters. The van der Waals surface area contributed by atoms with Crippen LogP contribution in [-0.4, -0.2) is 36.0 Å². The molecular formula is C18H39BrN+. The highest BCUT2D eigenvalue weighted by atomic mass is 79.9. The van der Waals surface area contributed by atoms with Gasteiger partial charge < -0.3 is 4.48 Å². The van der Waals surface area contributed by atoms with Gasteiger partial charge in [0, 0.05) is 0 Å². The first-order valence-electron chi connectivity index (χ1n) is 9.15. The van der Waals surface area contributed by atoms with Gasteiger partial charge in [-0.2, -0.15) is 0 Å². The molecule has 122 valence electrons. The van der Waals surface area contributed by atoms with Crippen molar-refractivity contribution in [1.29, 1.82) is 0 Å². The zero-order valence-electron chi connectivity index (χ0n) is 14.4. The van der Waals surface area contributed by atoms with Gasteiger partial charge >= 0.3 is 0 Å². The lowest BCUT2D eigenvalue weighted by atomic mass is 10.1. The Morgan fingerprint density at radius 3 is 1.35 bits per heavy atom. The smallest absolute Gasteiger partial charge is 0.0885 e. The third-order valence-corrected chi connectivity index (χ3v) is 4.87. The first kappa shape index (κ1) is 20.4. The van der Waals surface area contributed by atoms with E-state index in [0.29, 0.717) is 0 Å². The Kier molecular flexibility index (Phi) is 14.7. The van der Waals surface area contributed by atoms with Gasteiger partial charge in [0.15, 0.2) is 0 Å². The molecule has 0 aliphatic rings. The largest absolute Gasteiger partial charge is 0.323 e. The van der Waals surface area contributed by atoms with Gasteiger partial charge in [-0.05, 0) is 38.5 Å². The summed E-state index contributed by atoms with van der Waals surface area (Å²) in [6.07, 6.45) is 14.0. The maximum atomic E-state index is 3.71. The van der Waals surface area contributed by atoms with Crippen LogP contribution < -0.4 is 0 Å². The van der Waals surface area contributed by atoms with Gasteiger partial charge in [0.05, 0.1) is 31.5 Å². The normalized spacial score (nSPS) is 12.0. The quantitative estimate of drug-likeness (QED) is 0.189. The number of unbranched alkanes of at least 4 members (excludes halogenated alkanes) is 7. The van der Waals surface area contributed by atoms with Crippen LogP contribution in [0.4, 0.5) is 0 Å². The minimum atomic E-state index is 1.17. The fourth-order valence-corrected chi connectivity index (χ4v) is 3.87. The van der Waals surface area contributed by atoms with Gasteiger partial charge in [-0.25, -0.2) is 0 Å². The van der Waals surface area contributed by atoms with Crippen LogP contribution in [0.3, 0.4) is 0 Å². The molecule has 0 saturated heterocycles. The van der Waals surface area contributed by atoms with Crippen molar-refractivity contribution in [3.05, 3.63) is 0 Å². The Balaban J connectivity index is 4.37. The molecule has 2 heteroatoms. The number of hydrogen-bond donors (Lipinski definition) is 0. The van der Waals surface area contributed by atoms with E-state index < -0.39 is 0 Å². The van der Waals surface area contributed by atoms with E-state index >= 15 is 0 Å². The first-order valence-corrected chi connectivity index (χ1v) is 10.3. The van der Waals surface area contributed by atoms with E-state index in [-0.39, 0.29) is 0 Å². The molecule has 0 spiro atoms. The Morgan fingerprint density at radius 1 is 0.550 bits per heavy atom. The molecule has 0 amide bonds. The average molecular weight is 349 g/mol. The molecule has 0 aromatic heterocycles. The minimum Gasteiger partial charge on any atom is -0.323 e. The van der Waals surface area contributed by atoms with Crippen LogP contribution in [0.5, 0.6) is 0 Å². The number of quaternary nitrogens is 1. The molecule has 0 N–H and O–H groups in total. The van der Waals surface area contributed by atoms with Crippen molar-refractivity contribution >= 4 is 15.9 Å². The number of halogens is 1. The Labute approximate surface area is 137 Å². The van der Waals surface area contributed by atoms with Gasteiger partial charge in [0.25, 0.3) is 0 Å². The van der Waals surface area contributed by atoms with Crippen LogP contribution in [0.15, 0.2) is 0 Å². The van der Waals surface area contributed by atoms with E-state index in [2.05, 4.69) is 36.7 Å². The van der Waals surface area contributed by atoms with Gasteiger partial charge in [0.1, 0.15) is 0 Å². The topological polar surface area (TPSA) is 0 Å². The summed E-state index contributed by atoms with van der Waals surface area (Å²) in [4.78, 5) is 0. The highest BCUT2D eigenvalue weighted by molar-refractivity contribution is 9.09. The average Bonchev–Trinajstić information content (AvgIpc) is 2.44. The van der Waals surface area contributed by atoms with Crippen molar-refractivity contribution < 1.29 is 4.48 Å². The van der Waals surface area contributed by atoms with Crippen molar-refractivity contribution in [3.8, 4) is 0 Å². The minimum absolute atomic E-state index is 1.17. The van der Waals surface area contributed by atoms with Crippen molar-refractivity contribution in [2.24, 2.45) is 0 Å². The summed E-state index contributed by atoms with van der Waals surface area (Å²) in [5, 5.41) is 1.17. The van der Waals surface area contributed by atoms with Crippen molar-refractivity contribution in [2.45, 2.75) is 85.0 Å². The molecule has 0 rings (SSSR count). The molecule has 0 radical (unpaired) electrons. The third kappa shape index (κ3) is 10.2. The van der Waals surface area contributed by atoms with Crippen LogP contribution in [0.2, 0.25) is 0 Å². The van der Waals surface area contributed by atoms with E-state index in [1.165, 1.54) is 100 Å². The molecule has 0 unspecified atom stereocenters. The summed E-state index contributed by atoms with van der Waals surface area (Å²) in [5.41, 5.74) is 0. The second-order valence-corrected chi connectivity index (χ2v) is 7.19. The lowest BCUT2D eigenvalue weighted by Gasteiger charge is -2.39. The summed E-state index contributed by atoms with van der Waals surface area (Å²) in [5.74, 6) is 0. The summed E-state index contributed by atoms with van der Waals surface area (Å²) in [6.45, 7) is 12.5. The molecule has 0 aliphatic carbocycles. The van der Waals surface area contributed by atoms with E-state index in [9.17, 15) is 0 Å². The van der Waals surface area contributed by atoms with Gasteiger partial charge in [-0.1, -0.05) is 62.4 Å².